The number of carbonyl (C=O) groups is 1. The van der Waals surface area contributed by atoms with Gasteiger partial charge in [-0.15, -0.1) is 0 Å². The van der Waals surface area contributed by atoms with Crippen molar-refractivity contribution in [2.75, 3.05) is 6.54 Å². The Balaban J connectivity index is 1.29. The van der Waals surface area contributed by atoms with E-state index in [4.69, 9.17) is 0 Å². The lowest BCUT2D eigenvalue weighted by molar-refractivity contribution is -0.121. The topological polar surface area (TPSA) is 46.9 Å². The van der Waals surface area contributed by atoms with Crippen molar-refractivity contribution in [3.63, 3.8) is 0 Å². The zero-order valence-corrected chi connectivity index (χ0v) is 15.4. The summed E-state index contributed by atoms with van der Waals surface area (Å²) in [4.78, 5) is 12.3. The SMILES string of the molecule is Cc1nn(C)c(C)c1CCC(=O)NC[C@H]1C[C@]12CCc1ccccc12. The third kappa shape index (κ3) is 2.78. The lowest BCUT2D eigenvalue weighted by Crippen LogP contribution is -2.27. The van der Waals surface area contributed by atoms with Crippen LogP contribution in [0, 0.1) is 19.8 Å². The molecule has 1 N–H and O–H groups in total. The molecule has 1 saturated carbocycles. The molecule has 0 aliphatic heterocycles. The molecule has 0 unspecified atom stereocenters. The van der Waals surface area contributed by atoms with Gasteiger partial charge in [-0.05, 0) is 62.1 Å². The zero-order chi connectivity index (χ0) is 17.6. The van der Waals surface area contributed by atoms with E-state index in [2.05, 4.69) is 41.6 Å². The molecular formula is C21H27N3O. The smallest absolute Gasteiger partial charge is 0.220 e. The third-order valence-electron chi connectivity index (χ3n) is 6.43. The van der Waals surface area contributed by atoms with Gasteiger partial charge in [0.2, 0.25) is 5.91 Å². The summed E-state index contributed by atoms with van der Waals surface area (Å²) >= 11 is 0. The number of aromatic nitrogens is 2. The fraction of sp³-hybridized carbons (Fsp3) is 0.524. The van der Waals surface area contributed by atoms with Crippen molar-refractivity contribution in [1.82, 2.24) is 15.1 Å². The minimum Gasteiger partial charge on any atom is -0.356 e. The lowest BCUT2D eigenvalue weighted by atomic mass is 9.95. The molecule has 4 nitrogen and oxygen atoms in total. The number of benzene rings is 1. The Morgan fingerprint density at radius 1 is 1.36 bits per heavy atom. The monoisotopic (exact) mass is 337 g/mol. The third-order valence-corrected chi connectivity index (χ3v) is 6.43. The van der Waals surface area contributed by atoms with Crippen LogP contribution in [0.4, 0.5) is 0 Å². The molecule has 2 aromatic rings. The predicted octanol–water partition coefficient (Wildman–Crippen LogP) is 2.99. The van der Waals surface area contributed by atoms with Crippen molar-refractivity contribution in [1.29, 1.82) is 0 Å². The van der Waals surface area contributed by atoms with Gasteiger partial charge in [0.1, 0.15) is 0 Å². The minimum absolute atomic E-state index is 0.163. The second-order valence-electron chi connectivity index (χ2n) is 7.79. The largest absolute Gasteiger partial charge is 0.356 e. The maximum Gasteiger partial charge on any atom is 0.220 e. The first-order chi connectivity index (χ1) is 12.0. The van der Waals surface area contributed by atoms with E-state index in [1.54, 1.807) is 0 Å². The van der Waals surface area contributed by atoms with Crippen molar-refractivity contribution < 1.29 is 4.79 Å². The van der Waals surface area contributed by atoms with Crippen molar-refractivity contribution in [3.05, 3.63) is 52.3 Å². The van der Waals surface area contributed by atoms with Crippen LogP contribution in [-0.2, 0) is 30.1 Å². The van der Waals surface area contributed by atoms with Crippen molar-refractivity contribution in [2.45, 2.75) is 51.4 Å². The molecule has 132 valence electrons. The second-order valence-corrected chi connectivity index (χ2v) is 7.79. The summed E-state index contributed by atoms with van der Waals surface area (Å²) in [5.41, 5.74) is 6.82. The van der Waals surface area contributed by atoms with Gasteiger partial charge in [-0.1, -0.05) is 24.3 Å². The Hall–Kier alpha value is -2.10. The zero-order valence-electron chi connectivity index (χ0n) is 15.4. The van der Waals surface area contributed by atoms with Gasteiger partial charge >= 0.3 is 0 Å². The van der Waals surface area contributed by atoms with E-state index in [1.807, 2.05) is 18.7 Å². The van der Waals surface area contributed by atoms with Crippen LogP contribution in [0.2, 0.25) is 0 Å². The number of rotatable bonds is 5. The molecule has 1 heterocycles. The molecule has 4 heteroatoms. The highest BCUT2D eigenvalue weighted by molar-refractivity contribution is 5.76. The molecule has 0 saturated heterocycles. The average molecular weight is 337 g/mol. The van der Waals surface area contributed by atoms with Crippen LogP contribution in [0.25, 0.3) is 0 Å². The number of nitrogens with one attached hydrogen (secondary N) is 1. The second kappa shape index (κ2) is 6.01. The van der Waals surface area contributed by atoms with E-state index in [9.17, 15) is 4.79 Å². The first kappa shape index (κ1) is 16.4. The van der Waals surface area contributed by atoms with Gasteiger partial charge in [0.25, 0.3) is 0 Å². The van der Waals surface area contributed by atoms with Crippen LogP contribution in [0.15, 0.2) is 24.3 Å². The quantitative estimate of drug-likeness (QED) is 0.912. The van der Waals surface area contributed by atoms with Gasteiger partial charge < -0.3 is 5.32 Å². The van der Waals surface area contributed by atoms with E-state index in [1.165, 1.54) is 36.0 Å². The van der Waals surface area contributed by atoms with Crippen molar-refractivity contribution in [2.24, 2.45) is 13.0 Å². The highest BCUT2D eigenvalue weighted by Gasteiger charge is 2.57. The first-order valence-electron chi connectivity index (χ1n) is 9.35. The van der Waals surface area contributed by atoms with Crippen LogP contribution in [-0.4, -0.2) is 22.2 Å². The van der Waals surface area contributed by atoms with Crippen LogP contribution in [0.1, 0.15) is 47.3 Å². The highest BCUT2D eigenvalue weighted by Crippen LogP contribution is 2.61. The number of aryl methyl sites for hydroxylation is 3. The first-order valence-corrected chi connectivity index (χ1v) is 9.35. The Labute approximate surface area is 149 Å². The molecule has 25 heavy (non-hydrogen) atoms. The molecule has 2 aliphatic carbocycles. The molecule has 2 aliphatic rings. The molecule has 1 amide bonds. The molecule has 1 aromatic carbocycles. The molecule has 2 atom stereocenters. The van der Waals surface area contributed by atoms with Gasteiger partial charge in [0.05, 0.1) is 5.69 Å². The van der Waals surface area contributed by atoms with E-state index in [0.29, 0.717) is 17.8 Å². The normalized spacial score (nSPS) is 23.7. The molecule has 1 fully saturated rings. The Morgan fingerprint density at radius 3 is 2.92 bits per heavy atom. The number of carbonyl (C=O) groups excluding carboxylic acids is 1. The summed E-state index contributed by atoms with van der Waals surface area (Å²) in [6.07, 6.45) is 4.99. The summed E-state index contributed by atoms with van der Waals surface area (Å²) in [6.45, 7) is 4.91. The summed E-state index contributed by atoms with van der Waals surface area (Å²) in [5, 5.41) is 7.60. The number of fused-ring (bicyclic) bond motifs is 2. The lowest BCUT2D eigenvalue weighted by Gasteiger charge is -2.12. The van der Waals surface area contributed by atoms with Crippen LogP contribution in [0.5, 0.6) is 0 Å². The predicted molar refractivity (Wildman–Crippen MR) is 98.6 cm³/mol. The van der Waals surface area contributed by atoms with Gasteiger partial charge in [-0.25, -0.2) is 0 Å². The molecule has 4 rings (SSSR count). The summed E-state index contributed by atoms with van der Waals surface area (Å²) < 4.78 is 1.90. The molecule has 0 bridgehead atoms. The van der Waals surface area contributed by atoms with Gasteiger partial charge in [-0.3, -0.25) is 9.48 Å². The molecule has 0 radical (unpaired) electrons. The van der Waals surface area contributed by atoms with Gasteiger partial charge in [0.15, 0.2) is 0 Å². The maximum atomic E-state index is 12.3. The van der Waals surface area contributed by atoms with Crippen LogP contribution >= 0.6 is 0 Å². The Kier molecular flexibility index (Phi) is 3.94. The summed E-state index contributed by atoms with van der Waals surface area (Å²) in [5.74, 6) is 0.776. The number of hydrogen-bond acceptors (Lipinski definition) is 2. The molecule has 1 aromatic heterocycles. The number of hydrogen-bond donors (Lipinski definition) is 1. The van der Waals surface area contributed by atoms with Gasteiger partial charge in [0, 0.05) is 31.1 Å². The standard InChI is InChI=1S/C21H27N3O/c1-14-18(15(2)24(3)23-14)8-9-20(25)22-13-17-12-21(17)11-10-16-6-4-5-7-19(16)21/h4-7,17H,8-13H2,1-3H3,(H,22,25)/t17-,21-/m1/s1. The average Bonchev–Trinajstić information content (AvgIpc) is 3.10. The summed E-state index contributed by atoms with van der Waals surface area (Å²) in [6, 6.07) is 8.84. The Morgan fingerprint density at radius 2 is 2.16 bits per heavy atom. The minimum atomic E-state index is 0.163. The number of nitrogens with zero attached hydrogens (tertiary/aromatic N) is 2. The van der Waals surface area contributed by atoms with Crippen molar-refractivity contribution >= 4 is 5.91 Å². The van der Waals surface area contributed by atoms with E-state index < -0.39 is 0 Å². The van der Waals surface area contributed by atoms with E-state index in [0.717, 1.165) is 24.4 Å². The van der Waals surface area contributed by atoms with Crippen LogP contribution in [0.3, 0.4) is 0 Å². The van der Waals surface area contributed by atoms with Gasteiger partial charge in [-0.2, -0.15) is 5.10 Å². The van der Waals surface area contributed by atoms with E-state index in [-0.39, 0.29) is 5.91 Å². The van der Waals surface area contributed by atoms with Crippen LogP contribution < -0.4 is 5.32 Å². The number of amides is 1. The molecular weight excluding hydrogens is 310 g/mol. The fourth-order valence-electron chi connectivity index (χ4n) is 4.74. The van der Waals surface area contributed by atoms with Crippen molar-refractivity contribution in [3.8, 4) is 0 Å². The molecule has 1 spiro atoms. The Bertz CT molecular complexity index is 823. The maximum absolute atomic E-state index is 12.3. The summed E-state index contributed by atoms with van der Waals surface area (Å²) in [7, 11) is 1.96. The van der Waals surface area contributed by atoms with E-state index >= 15 is 0 Å². The fourth-order valence-corrected chi connectivity index (χ4v) is 4.74. The highest BCUT2D eigenvalue weighted by atomic mass is 16.1.